The number of carboxylic acid groups (broad SMARTS) is 1. The molecular weight excluding hydrogens is 432 g/mol. The van der Waals surface area contributed by atoms with Crippen molar-refractivity contribution in [1.29, 1.82) is 0 Å². The second kappa shape index (κ2) is 13.9. The minimum Gasteiger partial charge on any atom is -0.478 e. The van der Waals surface area contributed by atoms with Crippen molar-refractivity contribution < 1.29 is 57.9 Å². The molecule has 5 unspecified atom stereocenters. The summed E-state index contributed by atoms with van der Waals surface area (Å²) in [6.07, 6.45) is -7.25. The summed E-state index contributed by atoms with van der Waals surface area (Å²) in [6.45, 7) is 5.62. The first-order chi connectivity index (χ1) is 14.8. The summed E-state index contributed by atoms with van der Waals surface area (Å²) in [7, 11) is 0. The monoisotopic (exact) mass is 460 g/mol. The van der Waals surface area contributed by atoms with Crippen LogP contribution in [0.5, 0.6) is 0 Å². The summed E-state index contributed by atoms with van der Waals surface area (Å²) in [4.78, 5) is 70.0. The maximum atomic E-state index is 13.1. The van der Waals surface area contributed by atoms with Gasteiger partial charge in [0.2, 0.25) is 11.9 Å². The third-order valence-corrected chi connectivity index (χ3v) is 3.75. The highest BCUT2D eigenvalue weighted by Gasteiger charge is 2.45. The average molecular weight is 460 g/mol. The number of rotatable bonds is 13. The van der Waals surface area contributed by atoms with Crippen LogP contribution in [0.15, 0.2) is 12.2 Å². The van der Waals surface area contributed by atoms with E-state index in [4.69, 9.17) is 24.1 Å². The third kappa shape index (κ3) is 10.7. The number of Topliss-reactive ketones (excluding diaryl/α,β-unsaturated/α-hetero) is 1. The van der Waals surface area contributed by atoms with Crippen molar-refractivity contribution in [2.75, 3.05) is 0 Å². The van der Waals surface area contributed by atoms with Crippen LogP contribution in [0, 0.1) is 0 Å². The molecule has 32 heavy (non-hydrogen) atoms. The Balaban J connectivity index is 6.35. The number of esters is 4. The fourth-order valence-electron chi connectivity index (χ4n) is 2.65. The van der Waals surface area contributed by atoms with Gasteiger partial charge in [0.15, 0.2) is 18.3 Å². The molecule has 0 aromatic carbocycles. The Morgan fingerprint density at radius 1 is 0.812 bits per heavy atom. The van der Waals surface area contributed by atoms with Crippen molar-refractivity contribution in [2.24, 2.45) is 0 Å². The number of carbonyl (C=O) groups is 6. The first kappa shape index (κ1) is 28.7. The van der Waals surface area contributed by atoms with Crippen LogP contribution in [0.4, 0.5) is 0 Å². The van der Waals surface area contributed by atoms with Gasteiger partial charge < -0.3 is 29.2 Å². The van der Waals surface area contributed by atoms with Crippen LogP contribution in [-0.2, 0) is 47.7 Å². The molecule has 0 radical (unpaired) electrons. The maximum Gasteiger partial charge on any atom is 0.328 e. The number of carboxylic acids is 1. The summed E-state index contributed by atoms with van der Waals surface area (Å²) in [6, 6.07) is 0. The second-order valence-electron chi connectivity index (χ2n) is 6.66. The van der Waals surface area contributed by atoms with Gasteiger partial charge in [-0.1, -0.05) is 13.3 Å². The minimum absolute atomic E-state index is 0.0331. The Bertz CT molecular complexity index is 741. The summed E-state index contributed by atoms with van der Waals surface area (Å²) in [5.41, 5.74) is 0. The average Bonchev–Trinajstić information content (AvgIpc) is 2.65. The molecule has 2 N–H and O–H groups in total. The number of ketones is 1. The lowest BCUT2D eigenvalue weighted by molar-refractivity contribution is -0.189. The van der Waals surface area contributed by atoms with E-state index in [0.717, 1.165) is 33.8 Å². The van der Waals surface area contributed by atoms with Crippen molar-refractivity contribution in [2.45, 2.75) is 78.0 Å². The predicted molar refractivity (Wildman–Crippen MR) is 105 cm³/mol. The van der Waals surface area contributed by atoms with E-state index in [1.165, 1.54) is 0 Å². The number of aliphatic hydroxyl groups is 1. The largest absolute Gasteiger partial charge is 0.478 e. The summed E-state index contributed by atoms with van der Waals surface area (Å²) < 4.78 is 19.8. The lowest BCUT2D eigenvalue weighted by Gasteiger charge is -2.33. The number of carbonyl (C=O) groups excluding carboxylic acids is 5. The van der Waals surface area contributed by atoms with Gasteiger partial charge in [0.1, 0.15) is 6.10 Å². The van der Waals surface area contributed by atoms with E-state index in [1.807, 2.05) is 0 Å². The van der Waals surface area contributed by atoms with E-state index >= 15 is 0 Å². The maximum absolute atomic E-state index is 13.1. The normalized spacial score (nSPS) is 15.6. The molecule has 0 aliphatic carbocycles. The number of aliphatic hydroxyl groups excluding tert-OH is 1. The molecule has 0 bridgehead atoms. The fourth-order valence-corrected chi connectivity index (χ4v) is 2.65. The molecule has 0 heterocycles. The Labute approximate surface area is 184 Å². The smallest absolute Gasteiger partial charge is 0.328 e. The van der Waals surface area contributed by atoms with Crippen LogP contribution in [0.2, 0.25) is 0 Å². The minimum atomic E-state index is -2.04. The van der Waals surface area contributed by atoms with Gasteiger partial charge in [0.25, 0.3) is 0 Å². The highest BCUT2D eigenvalue weighted by atomic mass is 16.6. The van der Waals surface area contributed by atoms with Crippen LogP contribution in [0.25, 0.3) is 0 Å². The van der Waals surface area contributed by atoms with E-state index in [-0.39, 0.29) is 6.42 Å². The SMILES string of the molecule is CCCC(OC(C)=O)C(=O)C(OC(C)=O)C(OC(C)=O)C(O)C(/C=C\C(=O)O)OC(C)=O. The van der Waals surface area contributed by atoms with Gasteiger partial charge in [0, 0.05) is 33.8 Å². The molecule has 0 aliphatic rings. The molecule has 0 amide bonds. The molecule has 0 aliphatic heterocycles. The van der Waals surface area contributed by atoms with Gasteiger partial charge >= 0.3 is 29.8 Å². The Kier molecular flexibility index (Phi) is 12.5. The molecule has 0 saturated heterocycles. The second-order valence-corrected chi connectivity index (χ2v) is 6.66. The summed E-state index contributed by atoms with van der Waals surface area (Å²) in [5.74, 6) is -6.15. The van der Waals surface area contributed by atoms with Gasteiger partial charge in [-0.3, -0.25) is 24.0 Å². The van der Waals surface area contributed by atoms with E-state index in [1.54, 1.807) is 6.92 Å². The van der Waals surface area contributed by atoms with Gasteiger partial charge in [-0.05, 0) is 12.5 Å². The van der Waals surface area contributed by atoms with E-state index in [0.29, 0.717) is 12.5 Å². The number of aliphatic carboxylic acids is 1. The van der Waals surface area contributed by atoms with Crippen LogP contribution in [0.3, 0.4) is 0 Å². The fraction of sp³-hybridized carbons (Fsp3) is 0.600. The molecule has 0 aromatic heterocycles. The number of ether oxygens (including phenoxy) is 4. The summed E-state index contributed by atoms with van der Waals surface area (Å²) >= 11 is 0. The van der Waals surface area contributed by atoms with E-state index in [2.05, 4.69) is 0 Å². The third-order valence-electron chi connectivity index (χ3n) is 3.75. The zero-order valence-corrected chi connectivity index (χ0v) is 18.4. The van der Waals surface area contributed by atoms with Crippen molar-refractivity contribution >= 4 is 35.6 Å². The first-order valence-corrected chi connectivity index (χ1v) is 9.61. The Morgan fingerprint density at radius 3 is 1.72 bits per heavy atom. The zero-order chi connectivity index (χ0) is 25.0. The standard InChI is InChI=1S/C20H28O12/c1-6-7-14(29-10(2)21)17(27)19(31-12(4)23)20(32-13(5)24)18(28)15(30-11(3)22)8-9-16(25)26/h8-9,14-15,18-20,28H,6-7H2,1-5H3,(H,25,26)/b9-8-. The molecule has 180 valence electrons. The van der Waals surface area contributed by atoms with Gasteiger partial charge in [-0.2, -0.15) is 0 Å². The van der Waals surface area contributed by atoms with Crippen LogP contribution >= 0.6 is 0 Å². The quantitative estimate of drug-likeness (QED) is 0.215. The predicted octanol–water partition coefficient (Wildman–Crippen LogP) is 0.0841. The van der Waals surface area contributed by atoms with Crippen LogP contribution in [-0.4, -0.2) is 76.4 Å². The van der Waals surface area contributed by atoms with E-state index in [9.17, 15) is 33.9 Å². The van der Waals surface area contributed by atoms with Gasteiger partial charge in [0.05, 0.1) is 0 Å². The van der Waals surface area contributed by atoms with Gasteiger partial charge in [-0.25, -0.2) is 4.79 Å². The molecule has 0 aromatic rings. The first-order valence-electron chi connectivity index (χ1n) is 9.61. The molecule has 12 nitrogen and oxygen atoms in total. The highest BCUT2D eigenvalue weighted by molar-refractivity contribution is 5.91. The lowest BCUT2D eigenvalue weighted by Crippen LogP contribution is -2.54. The van der Waals surface area contributed by atoms with Crippen molar-refractivity contribution in [1.82, 2.24) is 0 Å². The number of hydrogen-bond donors (Lipinski definition) is 2. The molecule has 0 spiro atoms. The topological polar surface area (TPSA) is 180 Å². The molecule has 12 heteroatoms. The summed E-state index contributed by atoms with van der Waals surface area (Å²) in [5, 5.41) is 19.6. The van der Waals surface area contributed by atoms with Crippen molar-refractivity contribution in [3.05, 3.63) is 12.2 Å². The van der Waals surface area contributed by atoms with Crippen LogP contribution < -0.4 is 0 Å². The molecule has 0 rings (SSSR count). The Morgan fingerprint density at radius 2 is 1.31 bits per heavy atom. The Hall–Kier alpha value is -3.28. The lowest BCUT2D eigenvalue weighted by atomic mass is 9.95. The van der Waals surface area contributed by atoms with Crippen molar-refractivity contribution in [3.63, 3.8) is 0 Å². The highest BCUT2D eigenvalue weighted by Crippen LogP contribution is 2.21. The number of hydrogen-bond acceptors (Lipinski definition) is 11. The molecule has 0 saturated carbocycles. The molecule has 0 fully saturated rings. The van der Waals surface area contributed by atoms with Crippen LogP contribution in [0.1, 0.15) is 47.5 Å². The molecular formula is C20H28O12. The van der Waals surface area contributed by atoms with Gasteiger partial charge in [-0.15, -0.1) is 0 Å². The van der Waals surface area contributed by atoms with E-state index < -0.39 is 66.1 Å². The van der Waals surface area contributed by atoms with Crippen molar-refractivity contribution in [3.8, 4) is 0 Å². The molecule has 5 atom stereocenters. The zero-order valence-electron chi connectivity index (χ0n) is 18.4.